The van der Waals surface area contributed by atoms with Gasteiger partial charge in [-0.05, 0) is 13.0 Å². The maximum atomic E-state index is 5.74. The number of aromatic nitrogens is 2. The summed E-state index contributed by atoms with van der Waals surface area (Å²) in [7, 11) is 0. The Balaban J connectivity index is 3.15. The first-order chi connectivity index (χ1) is 5.65. The van der Waals surface area contributed by atoms with Gasteiger partial charge in [-0.1, -0.05) is 29.1 Å². The third-order valence-corrected chi connectivity index (χ3v) is 1.94. The SMILES string of the molecule is C#CC(C)c1cc(Cl)nnc1Cl. The Hall–Kier alpha value is -0.780. The van der Waals surface area contributed by atoms with Crippen LogP contribution in [0.3, 0.4) is 0 Å². The van der Waals surface area contributed by atoms with E-state index in [1.165, 1.54) is 0 Å². The van der Waals surface area contributed by atoms with E-state index in [-0.39, 0.29) is 5.92 Å². The number of halogens is 2. The zero-order chi connectivity index (χ0) is 9.14. The first-order valence-corrected chi connectivity index (χ1v) is 4.05. The van der Waals surface area contributed by atoms with Crippen LogP contribution in [0.1, 0.15) is 18.4 Å². The number of rotatable bonds is 1. The lowest BCUT2D eigenvalue weighted by Gasteiger charge is -2.04. The van der Waals surface area contributed by atoms with E-state index >= 15 is 0 Å². The predicted molar refractivity (Wildman–Crippen MR) is 49.3 cm³/mol. The number of nitrogens with zero attached hydrogens (tertiary/aromatic N) is 2. The van der Waals surface area contributed by atoms with Gasteiger partial charge in [-0.3, -0.25) is 0 Å². The van der Waals surface area contributed by atoms with Crippen molar-refractivity contribution < 1.29 is 0 Å². The van der Waals surface area contributed by atoms with Gasteiger partial charge in [-0.2, -0.15) is 0 Å². The van der Waals surface area contributed by atoms with Crippen LogP contribution in [0.2, 0.25) is 10.3 Å². The van der Waals surface area contributed by atoms with Crippen molar-refractivity contribution in [2.45, 2.75) is 12.8 Å². The lowest BCUT2D eigenvalue weighted by atomic mass is 10.1. The lowest BCUT2D eigenvalue weighted by molar-refractivity contribution is 0.937. The molecule has 0 spiro atoms. The highest BCUT2D eigenvalue weighted by molar-refractivity contribution is 6.31. The molecule has 1 aromatic heterocycles. The van der Waals surface area contributed by atoms with Gasteiger partial charge in [-0.15, -0.1) is 16.6 Å². The van der Waals surface area contributed by atoms with Crippen molar-refractivity contribution in [1.82, 2.24) is 10.2 Å². The molecular formula is C8H6Cl2N2. The molecule has 0 radical (unpaired) electrons. The minimum Gasteiger partial charge on any atom is -0.137 e. The van der Waals surface area contributed by atoms with E-state index in [2.05, 4.69) is 16.1 Å². The predicted octanol–water partition coefficient (Wildman–Crippen LogP) is 2.52. The van der Waals surface area contributed by atoms with Gasteiger partial charge in [0.1, 0.15) is 0 Å². The Morgan fingerprint density at radius 2 is 2.17 bits per heavy atom. The minimum absolute atomic E-state index is 0.0921. The van der Waals surface area contributed by atoms with E-state index in [9.17, 15) is 0 Å². The van der Waals surface area contributed by atoms with Crippen LogP contribution < -0.4 is 0 Å². The van der Waals surface area contributed by atoms with Crippen LogP contribution in [0.5, 0.6) is 0 Å². The molecule has 62 valence electrons. The van der Waals surface area contributed by atoms with E-state index in [0.29, 0.717) is 10.3 Å². The zero-order valence-electron chi connectivity index (χ0n) is 6.38. The molecule has 0 saturated heterocycles. The average Bonchev–Trinajstić information content (AvgIpc) is 2.08. The topological polar surface area (TPSA) is 25.8 Å². The van der Waals surface area contributed by atoms with Crippen molar-refractivity contribution in [3.63, 3.8) is 0 Å². The van der Waals surface area contributed by atoms with E-state index < -0.39 is 0 Å². The molecule has 0 amide bonds. The highest BCUT2D eigenvalue weighted by Gasteiger charge is 2.09. The summed E-state index contributed by atoms with van der Waals surface area (Å²) in [5, 5.41) is 7.82. The van der Waals surface area contributed by atoms with Gasteiger partial charge in [-0.25, -0.2) is 0 Å². The van der Waals surface area contributed by atoms with Crippen molar-refractivity contribution in [1.29, 1.82) is 0 Å². The maximum absolute atomic E-state index is 5.74. The van der Waals surface area contributed by atoms with Gasteiger partial charge in [0.2, 0.25) is 0 Å². The highest BCUT2D eigenvalue weighted by atomic mass is 35.5. The molecule has 1 aromatic rings. The summed E-state index contributed by atoms with van der Waals surface area (Å²) in [4.78, 5) is 0. The molecule has 1 atom stereocenters. The molecule has 0 aliphatic rings. The molecule has 0 fully saturated rings. The van der Waals surface area contributed by atoms with Gasteiger partial charge in [0.25, 0.3) is 0 Å². The third kappa shape index (κ3) is 1.88. The van der Waals surface area contributed by atoms with Crippen molar-refractivity contribution in [2.24, 2.45) is 0 Å². The molecular weight excluding hydrogens is 195 g/mol. The van der Waals surface area contributed by atoms with Crippen LogP contribution in [-0.4, -0.2) is 10.2 Å². The molecule has 1 unspecified atom stereocenters. The molecule has 12 heavy (non-hydrogen) atoms. The normalized spacial score (nSPS) is 12.2. The fraction of sp³-hybridized carbons (Fsp3) is 0.250. The molecule has 0 aromatic carbocycles. The van der Waals surface area contributed by atoms with Gasteiger partial charge >= 0.3 is 0 Å². The first kappa shape index (κ1) is 9.31. The lowest BCUT2D eigenvalue weighted by Crippen LogP contribution is -1.95. The molecule has 0 aliphatic heterocycles. The van der Waals surface area contributed by atoms with Crippen LogP contribution >= 0.6 is 23.2 Å². The Morgan fingerprint density at radius 1 is 1.50 bits per heavy atom. The van der Waals surface area contributed by atoms with E-state index in [4.69, 9.17) is 29.6 Å². The minimum atomic E-state index is -0.0921. The molecule has 4 heteroatoms. The van der Waals surface area contributed by atoms with Crippen molar-refractivity contribution in [3.05, 3.63) is 21.9 Å². The van der Waals surface area contributed by atoms with Crippen LogP contribution in [0.25, 0.3) is 0 Å². The summed E-state index contributed by atoms with van der Waals surface area (Å²) in [6.45, 7) is 1.85. The van der Waals surface area contributed by atoms with E-state index in [0.717, 1.165) is 5.56 Å². The summed E-state index contributed by atoms with van der Waals surface area (Å²) >= 11 is 11.4. The van der Waals surface area contributed by atoms with Gasteiger partial charge in [0, 0.05) is 11.5 Å². The van der Waals surface area contributed by atoms with E-state index in [1.54, 1.807) is 6.07 Å². The van der Waals surface area contributed by atoms with E-state index in [1.807, 2.05) is 6.92 Å². The first-order valence-electron chi connectivity index (χ1n) is 3.30. The summed E-state index contributed by atoms with van der Waals surface area (Å²) in [6.07, 6.45) is 5.22. The second-order valence-electron chi connectivity index (χ2n) is 2.30. The summed E-state index contributed by atoms with van der Waals surface area (Å²) in [5.74, 6) is 2.45. The molecule has 0 N–H and O–H groups in total. The van der Waals surface area contributed by atoms with Crippen LogP contribution in [0.15, 0.2) is 6.07 Å². The van der Waals surface area contributed by atoms with Crippen LogP contribution in [-0.2, 0) is 0 Å². The summed E-state index contributed by atoms with van der Waals surface area (Å²) < 4.78 is 0. The smallest absolute Gasteiger partial charge is 0.137 e. The standard InChI is InChI=1S/C8H6Cl2N2/c1-3-5(2)6-4-7(9)11-12-8(6)10/h1,4-5H,2H3. The second-order valence-corrected chi connectivity index (χ2v) is 3.05. The van der Waals surface area contributed by atoms with Crippen LogP contribution in [0, 0.1) is 12.3 Å². The van der Waals surface area contributed by atoms with Gasteiger partial charge in [0.15, 0.2) is 10.3 Å². The second kappa shape index (κ2) is 3.75. The third-order valence-electron chi connectivity index (χ3n) is 1.46. The maximum Gasteiger partial charge on any atom is 0.156 e. The fourth-order valence-electron chi connectivity index (χ4n) is 0.760. The molecule has 1 rings (SSSR count). The molecule has 2 nitrogen and oxygen atoms in total. The van der Waals surface area contributed by atoms with Gasteiger partial charge in [0.05, 0.1) is 0 Å². The van der Waals surface area contributed by atoms with Gasteiger partial charge < -0.3 is 0 Å². The molecule has 0 aliphatic carbocycles. The zero-order valence-corrected chi connectivity index (χ0v) is 7.89. The highest BCUT2D eigenvalue weighted by Crippen LogP contribution is 2.23. The monoisotopic (exact) mass is 200 g/mol. The Morgan fingerprint density at radius 3 is 2.75 bits per heavy atom. The Bertz CT molecular complexity index is 330. The summed E-state index contributed by atoms with van der Waals surface area (Å²) in [5.41, 5.74) is 0.735. The van der Waals surface area contributed by atoms with Crippen molar-refractivity contribution >= 4 is 23.2 Å². The summed E-state index contributed by atoms with van der Waals surface area (Å²) in [6, 6.07) is 1.63. The van der Waals surface area contributed by atoms with Crippen molar-refractivity contribution in [2.75, 3.05) is 0 Å². The largest absolute Gasteiger partial charge is 0.156 e. The number of terminal acetylenes is 1. The fourth-order valence-corrected chi connectivity index (χ4v) is 1.17. The Kier molecular flexibility index (Phi) is 2.91. The quantitative estimate of drug-likeness (QED) is 0.652. The average molecular weight is 201 g/mol. The molecule has 0 saturated carbocycles. The molecule has 0 bridgehead atoms. The van der Waals surface area contributed by atoms with Crippen LogP contribution in [0.4, 0.5) is 0 Å². The van der Waals surface area contributed by atoms with Crippen molar-refractivity contribution in [3.8, 4) is 12.3 Å². The molecule has 1 heterocycles. The Labute approximate surface area is 80.9 Å². The number of hydrogen-bond acceptors (Lipinski definition) is 2. The number of hydrogen-bond donors (Lipinski definition) is 0.